The van der Waals surface area contributed by atoms with Crippen molar-refractivity contribution < 1.29 is 17.6 Å². The minimum Gasteiger partial charge on any atom is -0.337 e. The van der Waals surface area contributed by atoms with Crippen molar-refractivity contribution in [2.24, 2.45) is 0 Å². The van der Waals surface area contributed by atoms with Gasteiger partial charge in [-0.05, 0) is 26.0 Å². The number of alkyl halides is 3. The van der Waals surface area contributed by atoms with Crippen LogP contribution >= 0.6 is 0 Å². The molecule has 0 fully saturated rings. The molecule has 11 heteroatoms. The van der Waals surface area contributed by atoms with Gasteiger partial charge in [0.15, 0.2) is 0 Å². The third-order valence-electron chi connectivity index (χ3n) is 4.05. The Morgan fingerprint density at radius 1 is 1.07 bits per heavy atom. The standard InChI is InChI=1S/C17H13F4N7/c1-9-7-14(28-16(23-9)25-15(26-28)17(19,20)21)24-12-8-22-27(10(12)2)13-6-4-3-5-11(13)18/h3-8,24H,1-2H3. The molecule has 0 aliphatic heterocycles. The first-order chi connectivity index (χ1) is 13.2. The maximum Gasteiger partial charge on any atom is 0.453 e. The third kappa shape index (κ3) is 3.04. The average molecular weight is 391 g/mol. The zero-order chi connectivity index (χ0) is 20.1. The Kier molecular flexibility index (Phi) is 4.02. The minimum atomic E-state index is -4.69. The predicted octanol–water partition coefficient (Wildman–Crippen LogP) is 3.83. The van der Waals surface area contributed by atoms with Crippen LogP contribution in [0.4, 0.5) is 29.1 Å². The summed E-state index contributed by atoms with van der Waals surface area (Å²) >= 11 is 0. The monoisotopic (exact) mass is 391 g/mol. The van der Waals surface area contributed by atoms with Gasteiger partial charge in [0.1, 0.15) is 17.3 Å². The van der Waals surface area contributed by atoms with Crippen molar-refractivity contribution in [3.05, 3.63) is 59.6 Å². The fraction of sp³-hybridized carbons (Fsp3) is 0.176. The lowest BCUT2D eigenvalue weighted by molar-refractivity contribution is -0.144. The molecule has 3 heterocycles. The van der Waals surface area contributed by atoms with E-state index in [2.05, 4.69) is 25.5 Å². The van der Waals surface area contributed by atoms with E-state index in [1.165, 1.54) is 23.0 Å². The molecule has 7 nitrogen and oxygen atoms in total. The Labute approximate surface area is 155 Å². The zero-order valence-electron chi connectivity index (χ0n) is 14.7. The van der Waals surface area contributed by atoms with Crippen LogP contribution < -0.4 is 5.32 Å². The molecular weight excluding hydrogens is 378 g/mol. The number of aromatic nitrogens is 6. The average Bonchev–Trinajstić information content (AvgIpc) is 3.20. The number of halogens is 4. The lowest BCUT2D eigenvalue weighted by atomic mass is 10.3. The molecule has 0 spiro atoms. The van der Waals surface area contributed by atoms with E-state index in [1.54, 1.807) is 32.0 Å². The first-order valence-electron chi connectivity index (χ1n) is 8.12. The van der Waals surface area contributed by atoms with Gasteiger partial charge in [-0.15, -0.1) is 5.10 Å². The van der Waals surface area contributed by atoms with Crippen molar-refractivity contribution in [1.82, 2.24) is 29.4 Å². The molecule has 0 radical (unpaired) electrons. The van der Waals surface area contributed by atoms with Gasteiger partial charge in [-0.1, -0.05) is 12.1 Å². The van der Waals surface area contributed by atoms with Crippen LogP contribution in [0.1, 0.15) is 17.2 Å². The van der Waals surface area contributed by atoms with Crippen LogP contribution in [0.25, 0.3) is 11.5 Å². The van der Waals surface area contributed by atoms with Crippen LogP contribution in [0.3, 0.4) is 0 Å². The Morgan fingerprint density at radius 2 is 1.82 bits per heavy atom. The Morgan fingerprint density at radius 3 is 2.54 bits per heavy atom. The summed E-state index contributed by atoms with van der Waals surface area (Å²) in [4.78, 5) is 7.42. The van der Waals surface area contributed by atoms with Gasteiger partial charge < -0.3 is 5.32 Å². The van der Waals surface area contributed by atoms with E-state index in [9.17, 15) is 17.6 Å². The van der Waals surface area contributed by atoms with Gasteiger partial charge in [0.25, 0.3) is 11.6 Å². The summed E-state index contributed by atoms with van der Waals surface area (Å²) in [6.07, 6.45) is -3.24. The fourth-order valence-corrected chi connectivity index (χ4v) is 2.73. The molecule has 144 valence electrons. The molecule has 0 saturated carbocycles. The second kappa shape index (κ2) is 6.29. The van der Waals surface area contributed by atoms with Crippen LogP contribution in [0, 0.1) is 19.7 Å². The first-order valence-corrected chi connectivity index (χ1v) is 8.12. The maximum atomic E-state index is 14.0. The van der Waals surface area contributed by atoms with Gasteiger partial charge >= 0.3 is 6.18 Å². The van der Waals surface area contributed by atoms with E-state index in [1.807, 2.05) is 0 Å². The molecule has 4 rings (SSSR count). The molecule has 0 aliphatic rings. The molecule has 0 bridgehead atoms. The highest BCUT2D eigenvalue weighted by molar-refractivity contribution is 5.61. The molecule has 3 aromatic heterocycles. The van der Waals surface area contributed by atoms with E-state index < -0.39 is 17.8 Å². The van der Waals surface area contributed by atoms with Crippen molar-refractivity contribution in [1.29, 1.82) is 0 Å². The highest BCUT2D eigenvalue weighted by Crippen LogP contribution is 2.28. The summed E-state index contributed by atoms with van der Waals surface area (Å²) in [5.41, 5.74) is 1.74. The number of nitrogens with one attached hydrogen (secondary N) is 1. The summed E-state index contributed by atoms with van der Waals surface area (Å²) in [6, 6.07) is 7.66. The number of nitrogens with zero attached hydrogens (tertiary/aromatic N) is 6. The summed E-state index contributed by atoms with van der Waals surface area (Å²) in [6.45, 7) is 3.33. The molecule has 28 heavy (non-hydrogen) atoms. The van der Waals surface area contributed by atoms with Crippen molar-refractivity contribution in [3.8, 4) is 5.69 Å². The second-order valence-electron chi connectivity index (χ2n) is 6.06. The summed E-state index contributed by atoms with van der Waals surface area (Å²) in [5, 5.41) is 10.6. The molecule has 0 saturated heterocycles. The van der Waals surface area contributed by atoms with E-state index in [4.69, 9.17) is 0 Å². The summed E-state index contributed by atoms with van der Waals surface area (Å²) < 4.78 is 55.2. The molecule has 0 unspecified atom stereocenters. The van der Waals surface area contributed by atoms with Crippen molar-refractivity contribution in [3.63, 3.8) is 0 Å². The lowest BCUT2D eigenvalue weighted by Crippen LogP contribution is -2.08. The molecule has 0 atom stereocenters. The molecule has 0 aliphatic carbocycles. The quantitative estimate of drug-likeness (QED) is 0.538. The number of aryl methyl sites for hydroxylation is 1. The number of fused-ring (bicyclic) bond motifs is 1. The van der Waals surface area contributed by atoms with Gasteiger partial charge in [0, 0.05) is 11.8 Å². The largest absolute Gasteiger partial charge is 0.453 e. The van der Waals surface area contributed by atoms with Crippen molar-refractivity contribution >= 4 is 17.3 Å². The molecule has 1 N–H and O–H groups in total. The third-order valence-corrected chi connectivity index (χ3v) is 4.05. The number of hydrogen-bond donors (Lipinski definition) is 1. The van der Waals surface area contributed by atoms with Crippen molar-refractivity contribution in [2.75, 3.05) is 5.32 Å². The molecular formula is C17H13F4N7. The van der Waals surface area contributed by atoms with Crippen LogP contribution in [0.15, 0.2) is 36.5 Å². The van der Waals surface area contributed by atoms with E-state index in [0.29, 0.717) is 17.1 Å². The topological polar surface area (TPSA) is 72.9 Å². The minimum absolute atomic E-state index is 0.186. The summed E-state index contributed by atoms with van der Waals surface area (Å²) in [5.74, 6) is -1.70. The molecule has 1 aromatic carbocycles. The van der Waals surface area contributed by atoms with Crippen LogP contribution in [-0.4, -0.2) is 29.4 Å². The zero-order valence-corrected chi connectivity index (χ0v) is 14.7. The summed E-state index contributed by atoms with van der Waals surface area (Å²) in [7, 11) is 0. The fourth-order valence-electron chi connectivity index (χ4n) is 2.73. The lowest BCUT2D eigenvalue weighted by Gasteiger charge is -2.09. The number of para-hydroxylation sites is 1. The van der Waals surface area contributed by atoms with Gasteiger partial charge in [0.05, 0.1) is 17.6 Å². The van der Waals surface area contributed by atoms with Gasteiger partial charge in [-0.2, -0.15) is 27.8 Å². The molecule has 4 aromatic rings. The van der Waals surface area contributed by atoms with Gasteiger partial charge in [-0.3, -0.25) is 0 Å². The van der Waals surface area contributed by atoms with Crippen molar-refractivity contribution in [2.45, 2.75) is 20.0 Å². The van der Waals surface area contributed by atoms with Gasteiger partial charge in [0.2, 0.25) is 0 Å². The van der Waals surface area contributed by atoms with Crippen LogP contribution in [0.5, 0.6) is 0 Å². The number of anilines is 2. The second-order valence-corrected chi connectivity index (χ2v) is 6.06. The first kappa shape index (κ1) is 17.9. The molecule has 0 amide bonds. The Balaban J connectivity index is 1.77. The smallest absolute Gasteiger partial charge is 0.337 e. The van der Waals surface area contributed by atoms with E-state index >= 15 is 0 Å². The Hall–Kier alpha value is -3.50. The van der Waals surface area contributed by atoms with Crippen LogP contribution in [0.2, 0.25) is 0 Å². The van der Waals surface area contributed by atoms with Crippen LogP contribution in [-0.2, 0) is 6.18 Å². The van der Waals surface area contributed by atoms with E-state index in [0.717, 1.165) is 4.52 Å². The predicted molar refractivity (Wildman–Crippen MR) is 92.1 cm³/mol. The maximum absolute atomic E-state index is 14.0. The number of hydrogen-bond acceptors (Lipinski definition) is 5. The highest BCUT2D eigenvalue weighted by atomic mass is 19.4. The highest BCUT2D eigenvalue weighted by Gasteiger charge is 2.36. The number of rotatable bonds is 3. The normalized spacial score (nSPS) is 11.9. The van der Waals surface area contributed by atoms with Gasteiger partial charge in [-0.25, -0.2) is 14.1 Å². The Bertz CT molecular complexity index is 1180. The van der Waals surface area contributed by atoms with E-state index in [-0.39, 0.29) is 17.3 Å². The SMILES string of the molecule is Cc1cc(Nc2cnn(-c3ccccc3F)c2C)n2nc(C(F)(F)F)nc2n1. The number of benzene rings is 1.